The van der Waals surface area contributed by atoms with Gasteiger partial charge in [0.1, 0.15) is 0 Å². The van der Waals surface area contributed by atoms with E-state index in [1.165, 1.54) is 30.0 Å². The molecule has 1 amide bonds. The van der Waals surface area contributed by atoms with Crippen LogP contribution in [0.15, 0.2) is 46.1 Å². The molecule has 1 N–H and O–H groups in total. The van der Waals surface area contributed by atoms with Crippen LogP contribution in [0.25, 0.3) is 6.08 Å². The minimum atomic E-state index is -0.436. The van der Waals surface area contributed by atoms with Crippen molar-refractivity contribution in [2.45, 2.75) is 6.54 Å². The molecule has 7 nitrogen and oxygen atoms in total. The van der Waals surface area contributed by atoms with Crippen LogP contribution < -0.4 is 16.6 Å². The first-order valence-corrected chi connectivity index (χ1v) is 10.2. The molecule has 0 atom stereocenters. The van der Waals surface area contributed by atoms with Crippen LogP contribution >= 0.6 is 11.8 Å². The average Bonchev–Trinajstić information content (AvgIpc) is 2.69. The van der Waals surface area contributed by atoms with Crippen molar-refractivity contribution in [1.29, 1.82) is 0 Å². The van der Waals surface area contributed by atoms with Crippen LogP contribution in [0.5, 0.6) is 0 Å². The van der Waals surface area contributed by atoms with Crippen molar-refractivity contribution in [1.82, 2.24) is 14.0 Å². The minimum absolute atomic E-state index is 0.275. The smallest absolute Gasteiger partial charge is 0.323 e. The predicted octanol–water partition coefficient (Wildman–Crippen LogP) is 1.28. The molecule has 1 aliphatic rings. The van der Waals surface area contributed by atoms with E-state index in [9.17, 15) is 14.4 Å². The van der Waals surface area contributed by atoms with E-state index in [0.29, 0.717) is 5.69 Å². The van der Waals surface area contributed by atoms with Crippen molar-refractivity contribution >= 4 is 29.4 Å². The van der Waals surface area contributed by atoms with Crippen LogP contribution in [0.3, 0.4) is 0 Å². The fourth-order valence-electron chi connectivity index (χ4n) is 3.06. The quantitative estimate of drug-likeness (QED) is 0.766. The molecule has 0 spiro atoms. The molecule has 0 bridgehead atoms. The third-order valence-corrected chi connectivity index (χ3v) is 5.53. The molecular weight excluding hydrogens is 376 g/mol. The Balaban J connectivity index is 1.66. The van der Waals surface area contributed by atoms with E-state index in [0.717, 1.165) is 41.3 Å². The Bertz CT molecular complexity index is 1000. The van der Waals surface area contributed by atoms with Crippen molar-refractivity contribution in [2.75, 3.05) is 29.9 Å². The Labute approximate surface area is 167 Å². The molecule has 0 aliphatic carbocycles. The molecule has 1 aromatic carbocycles. The van der Waals surface area contributed by atoms with Gasteiger partial charge in [-0.25, -0.2) is 4.79 Å². The van der Waals surface area contributed by atoms with Crippen LogP contribution in [0.2, 0.25) is 0 Å². The number of thioether (sulfide) groups is 1. The third kappa shape index (κ3) is 5.02. The Hall–Kier alpha value is -2.58. The molecule has 28 heavy (non-hydrogen) atoms. The Morgan fingerprint density at radius 3 is 2.71 bits per heavy atom. The number of benzene rings is 1. The number of nitrogens with one attached hydrogen (secondary N) is 1. The summed E-state index contributed by atoms with van der Waals surface area (Å²) >= 11 is 1.98. The second kappa shape index (κ2) is 9.07. The number of nitrogens with zero attached hydrogens (tertiary/aromatic N) is 3. The lowest BCUT2D eigenvalue weighted by Gasteiger charge is -2.26. The van der Waals surface area contributed by atoms with Crippen molar-refractivity contribution < 1.29 is 4.79 Å². The zero-order valence-corrected chi connectivity index (χ0v) is 16.9. The van der Waals surface area contributed by atoms with Crippen molar-refractivity contribution in [3.05, 3.63) is 68.5 Å². The van der Waals surface area contributed by atoms with Gasteiger partial charge in [-0.05, 0) is 23.8 Å². The summed E-state index contributed by atoms with van der Waals surface area (Å²) in [6, 6.07) is 7.79. The summed E-state index contributed by atoms with van der Waals surface area (Å²) in [6.45, 7) is 3.03. The first kappa shape index (κ1) is 20.2. The van der Waals surface area contributed by atoms with Crippen LogP contribution in [-0.4, -0.2) is 44.5 Å². The molecule has 1 saturated heterocycles. The Kier molecular flexibility index (Phi) is 6.53. The number of hydrogen-bond donors (Lipinski definition) is 1. The monoisotopic (exact) mass is 400 g/mol. The second-order valence-corrected chi connectivity index (χ2v) is 7.98. The maximum absolute atomic E-state index is 12.2. The van der Waals surface area contributed by atoms with Crippen LogP contribution in [0, 0.1) is 0 Å². The Morgan fingerprint density at radius 1 is 1.21 bits per heavy atom. The SMILES string of the molecule is Cn1cc(/C=C/C(=O)Nc2cccc(CN3CCSCC3)c2)c(=O)n(C)c1=O. The highest BCUT2D eigenvalue weighted by Gasteiger charge is 2.11. The molecule has 2 aromatic rings. The lowest BCUT2D eigenvalue weighted by atomic mass is 10.2. The van der Waals surface area contributed by atoms with Gasteiger partial charge >= 0.3 is 5.69 Å². The van der Waals surface area contributed by atoms with Crippen molar-refractivity contribution in [2.24, 2.45) is 14.1 Å². The van der Waals surface area contributed by atoms with Crippen LogP contribution in [0.1, 0.15) is 11.1 Å². The summed E-state index contributed by atoms with van der Waals surface area (Å²) in [5.74, 6) is 1.99. The van der Waals surface area contributed by atoms with Gasteiger partial charge in [-0.3, -0.25) is 19.1 Å². The van der Waals surface area contributed by atoms with Gasteiger partial charge in [0.15, 0.2) is 0 Å². The molecule has 1 aliphatic heterocycles. The molecular formula is C20H24N4O3S. The van der Waals surface area contributed by atoms with Gasteiger partial charge in [-0.15, -0.1) is 0 Å². The molecule has 0 unspecified atom stereocenters. The number of aromatic nitrogens is 2. The number of aryl methyl sites for hydroxylation is 1. The van der Waals surface area contributed by atoms with E-state index in [1.54, 1.807) is 7.05 Å². The van der Waals surface area contributed by atoms with E-state index in [-0.39, 0.29) is 11.5 Å². The summed E-state index contributed by atoms with van der Waals surface area (Å²) in [6.07, 6.45) is 4.15. The minimum Gasteiger partial charge on any atom is -0.323 e. The maximum Gasteiger partial charge on any atom is 0.330 e. The second-order valence-electron chi connectivity index (χ2n) is 6.75. The predicted molar refractivity (Wildman–Crippen MR) is 114 cm³/mol. The number of rotatable bonds is 5. The number of amides is 1. The van der Waals surface area contributed by atoms with Gasteiger partial charge in [0.05, 0.1) is 5.56 Å². The zero-order chi connectivity index (χ0) is 20.1. The van der Waals surface area contributed by atoms with E-state index in [1.807, 2.05) is 30.0 Å². The van der Waals surface area contributed by atoms with Gasteiger partial charge in [0.25, 0.3) is 5.56 Å². The number of anilines is 1. The van der Waals surface area contributed by atoms with Gasteiger partial charge in [-0.1, -0.05) is 12.1 Å². The first-order valence-electron chi connectivity index (χ1n) is 9.09. The van der Waals surface area contributed by atoms with Crippen LogP contribution in [-0.2, 0) is 25.4 Å². The van der Waals surface area contributed by atoms with E-state index in [4.69, 9.17) is 0 Å². The van der Waals surface area contributed by atoms with E-state index < -0.39 is 11.2 Å². The zero-order valence-electron chi connectivity index (χ0n) is 16.1. The molecule has 3 rings (SSSR count). The fraction of sp³-hybridized carbons (Fsp3) is 0.350. The number of carbonyl (C=O) groups excluding carboxylic acids is 1. The highest BCUT2D eigenvalue weighted by atomic mass is 32.2. The van der Waals surface area contributed by atoms with E-state index >= 15 is 0 Å². The molecule has 1 aromatic heterocycles. The number of carbonyl (C=O) groups is 1. The lowest BCUT2D eigenvalue weighted by molar-refractivity contribution is -0.111. The third-order valence-electron chi connectivity index (χ3n) is 4.59. The summed E-state index contributed by atoms with van der Waals surface area (Å²) in [4.78, 5) is 38.5. The number of hydrogen-bond acceptors (Lipinski definition) is 5. The molecule has 2 heterocycles. The normalized spacial score (nSPS) is 15.1. The van der Waals surface area contributed by atoms with E-state index in [2.05, 4.69) is 16.3 Å². The summed E-state index contributed by atoms with van der Waals surface area (Å²) in [5, 5.41) is 2.82. The highest BCUT2D eigenvalue weighted by Crippen LogP contribution is 2.16. The van der Waals surface area contributed by atoms with Gasteiger partial charge in [0, 0.05) is 63.2 Å². The molecule has 1 fully saturated rings. The molecule has 8 heteroatoms. The fourth-order valence-corrected chi connectivity index (χ4v) is 4.04. The topological polar surface area (TPSA) is 76.3 Å². The van der Waals surface area contributed by atoms with Crippen LogP contribution in [0.4, 0.5) is 5.69 Å². The lowest BCUT2D eigenvalue weighted by Crippen LogP contribution is -2.37. The maximum atomic E-state index is 12.2. The van der Waals surface area contributed by atoms with Crippen molar-refractivity contribution in [3.8, 4) is 0 Å². The molecule has 148 valence electrons. The summed E-state index contributed by atoms with van der Waals surface area (Å²) in [7, 11) is 2.97. The van der Waals surface area contributed by atoms with Crippen molar-refractivity contribution in [3.63, 3.8) is 0 Å². The summed E-state index contributed by atoms with van der Waals surface area (Å²) < 4.78 is 2.32. The Morgan fingerprint density at radius 2 is 1.96 bits per heavy atom. The van der Waals surface area contributed by atoms with Gasteiger partial charge in [-0.2, -0.15) is 11.8 Å². The average molecular weight is 401 g/mol. The first-order chi connectivity index (χ1) is 13.4. The summed E-state index contributed by atoms with van der Waals surface area (Å²) in [5.41, 5.74) is 1.30. The molecule has 0 radical (unpaired) electrons. The molecule has 0 saturated carbocycles. The standard InChI is InChI=1S/C20H24N4O3S/c1-22-14-16(19(26)23(2)20(22)27)6-7-18(25)21-17-5-3-4-15(12-17)13-24-8-10-28-11-9-24/h3-7,12,14H,8-11,13H2,1-2H3,(H,21,25)/b7-6+. The van der Waals surface area contributed by atoms with Gasteiger partial charge < -0.3 is 9.88 Å². The highest BCUT2D eigenvalue weighted by molar-refractivity contribution is 7.99. The largest absolute Gasteiger partial charge is 0.330 e. The van der Waals surface area contributed by atoms with Gasteiger partial charge in [0.2, 0.25) is 5.91 Å².